The average Bonchev–Trinajstić information content (AvgIpc) is 2.68. The summed E-state index contributed by atoms with van der Waals surface area (Å²) in [6.45, 7) is 0.807. The first kappa shape index (κ1) is 11.9. The van der Waals surface area contributed by atoms with Gasteiger partial charge in [-0.3, -0.25) is 4.90 Å². The van der Waals surface area contributed by atoms with Crippen LogP contribution in [0.25, 0.3) is 0 Å². The molecule has 2 nitrogen and oxygen atoms in total. The molecule has 16 heavy (non-hydrogen) atoms. The van der Waals surface area contributed by atoms with Crippen LogP contribution in [0.15, 0.2) is 24.3 Å². The number of halogens is 1. The average molecular weight is 240 g/mol. The van der Waals surface area contributed by atoms with Crippen molar-refractivity contribution in [2.24, 2.45) is 0 Å². The quantitative estimate of drug-likeness (QED) is 0.877. The molecule has 88 valence electrons. The molecule has 0 bridgehead atoms. The second-order valence-electron chi connectivity index (χ2n) is 4.57. The molecule has 1 aromatic carbocycles. The van der Waals surface area contributed by atoms with E-state index in [1.807, 2.05) is 24.3 Å². The smallest absolute Gasteiger partial charge is 0.0695 e. The van der Waals surface area contributed by atoms with E-state index in [4.69, 9.17) is 11.6 Å². The first-order chi connectivity index (χ1) is 7.68. The predicted molar refractivity (Wildman–Crippen MR) is 66.6 cm³/mol. The van der Waals surface area contributed by atoms with Crippen molar-refractivity contribution in [2.75, 3.05) is 7.05 Å². The van der Waals surface area contributed by atoms with Crippen LogP contribution in [0, 0.1) is 0 Å². The number of aliphatic hydroxyl groups is 1. The van der Waals surface area contributed by atoms with Gasteiger partial charge in [0.15, 0.2) is 0 Å². The van der Waals surface area contributed by atoms with Crippen molar-refractivity contribution >= 4 is 11.6 Å². The van der Waals surface area contributed by atoms with E-state index >= 15 is 0 Å². The molecule has 2 rings (SSSR count). The fourth-order valence-corrected chi connectivity index (χ4v) is 2.64. The third-order valence-corrected chi connectivity index (χ3v) is 3.76. The molecule has 0 aromatic heterocycles. The zero-order valence-electron chi connectivity index (χ0n) is 9.56. The summed E-state index contributed by atoms with van der Waals surface area (Å²) in [6, 6.07) is 8.18. The van der Waals surface area contributed by atoms with Crippen LogP contribution in [0.3, 0.4) is 0 Å². The summed E-state index contributed by atoms with van der Waals surface area (Å²) in [7, 11) is 2.06. The monoisotopic (exact) mass is 239 g/mol. The molecule has 0 aliphatic heterocycles. The molecule has 3 heteroatoms. The predicted octanol–water partition coefficient (Wildman–Crippen LogP) is 2.69. The second-order valence-corrected chi connectivity index (χ2v) is 4.98. The molecular formula is C13H18ClNO. The summed E-state index contributed by atoms with van der Waals surface area (Å²) in [6.07, 6.45) is 2.96. The number of likely N-dealkylation sites (N-methyl/N-ethyl adjacent to an activating group) is 1. The molecular weight excluding hydrogens is 222 g/mol. The summed E-state index contributed by atoms with van der Waals surface area (Å²) in [5.41, 5.74) is 1.13. The van der Waals surface area contributed by atoms with Gasteiger partial charge in [0, 0.05) is 17.6 Å². The van der Waals surface area contributed by atoms with Gasteiger partial charge in [0.05, 0.1) is 6.10 Å². The number of rotatable bonds is 3. The molecule has 0 amide bonds. The van der Waals surface area contributed by atoms with Crippen LogP contribution in [-0.2, 0) is 6.54 Å². The molecule has 1 aliphatic carbocycles. The van der Waals surface area contributed by atoms with Crippen molar-refractivity contribution in [3.63, 3.8) is 0 Å². The van der Waals surface area contributed by atoms with Gasteiger partial charge in [0.1, 0.15) is 0 Å². The summed E-state index contributed by atoms with van der Waals surface area (Å²) < 4.78 is 0. The minimum absolute atomic E-state index is 0.174. The van der Waals surface area contributed by atoms with Crippen LogP contribution in [0.1, 0.15) is 24.8 Å². The maximum atomic E-state index is 9.83. The van der Waals surface area contributed by atoms with Gasteiger partial charge >= 0.3 is 0 Å². The van der Waals surface area contributed by atoms with Crippen LogP contribution in [0.2, 0.25) is 5.02 Å². The summed E-state index contributed by atoms with van der Waals surface area (Å²) >= 11 is 6.12. The number of hydrogen-bond acceptors (Lipinski definition) is 2. The number of benzene rings is 1. The van der Waals surface area contributed by atoms with Gasteiger partial charge in [0.2, 0.25) is 0 Å². The van der Waals surface area contributed by atoms with Crippen molar-refractivity contribution in [2.45, 2.75) is 38.0 Å². The third kappa shape index (κ3) is 2.57. The fourth-order valence-electron chi connectivity index (χ4n) is 2.45. The lowest BCUT2D eigenvalue weighted by atomic mass is 10.1. The lowest BCUT2D eigenvalue weighted by molar-refractivity contribution is 0.0825. The minimum atomic E-state index is -0.174. The third-order valence-electron chi connectivity index (χ3n) is 3.39. The Kier molecular flexibility index (Phi) is 3.85. The molecule has 0 radical (unpaired) electrons. The first-order valence-electron chi connectivity index (χ1n) is 5.80. The highest BCUT2D eigenvalue weighted by Crippen LogP contribution is 2.25. The first-order valence-corrected chi connectivity index (χ1v) is 6.18. The summed E-state index contributed by atoms with van der Waals surface area (Å²) in [5.74, 6) is 0. The molecule has 0 unspecified atom stereocenters. The Morgan fingerprint density at radius 2 is 2.12 bits per heavy atom. The number of aliphatic hydroxyl groups excluding tert-OH is 1. The Bertz CT molecular complexity index is 356. The van der Waals surface area contributed by atoms with Crippen LogP contribution in [0.4, 0.5) is 0 Å². The van der Waals surface area contributed by atoms with Gasteiger partial charge in [-0.2, -0.15) is 0 Å². The van der Waals surface area contributed by atoms with E-state index < -0.39 is 0 Å². The zero-order chi connectivity index (χ0) is 11.5. The molecule has 0 saturated heterocycles. The lowest BCUT2D eigenvalue weighted by Crippen LogP contribution is -2.37. The molecule has 2 atom stereocenters. The van der Waals surface area contributed by atoms with Crippen molar-refractivity contribution < 1.29 is 5.11 Å². The SMILES string of the molecule is CN(Cc1ccccc1Cl)[C@H]1CCC[C@@H]1O. The van der Waals surface area contributed by atoms with Crippen molar-refractivity contribution in [1.29, 1.82) is 0 Å². The van der Waals surface area contributed by atoms with Gasteiger partial charge in [-0.1, -0.05) is 29.8 Å². The van der Waals surface area contributed by atoms with Crippen molar-refractivity contribution in [1.82, 2.24) is 4.90 Å². The van der Waals surface area contributed by atoms with Gasteiger partial charge < -0.3 is 5.11 Å². The Hall–Kier alpha value is -0.570. The van der Waals surface area contributed by atoms with E-state index in [9.17, 15) is 5.11 Å². The standard InChI is InChI=1S/C13H18ClNO/c1-15(12-7-4-8-13(12)16)9-10-5-2-3-6-11(10)14/h2-3,5-6,12-13,16H,4,7-9H2,1H3/t12-,13-/m0/s1. The van der Waals surface area contributed by atoms with E-state index in [-0.39, 0.29) is 12.1 Å². The van der Waals surface area contributed by atoms with Crippen LogP contribution >= 0.6 is 11.6 Å². The maximum absolute atomic E-state index is 9.83. The van der Waals surface area contributed by atoms with Gasteiger partial charge in [-0.25, -0.2) is 0 Å². The Morgan fingerprint density at radius 3 is 2.75 bits per heavy atom. The van der Waals surface area contributed by atoms with Crippen molar-refractivity contribution in [3.8, 4) is 0 Å². The Labute approximate surface area is 102 Å². The van der Waals surface area contributed by atoms with E-state index in [0.717, 1.165) is 36.4 Å². The zero-order valence-corrected chi connectivity index (χ0v) is 10.3. The molecule has 0 spiro atoms. The highest BCUT2D eigenvalue weighted by molar-refractivity contribution is 6.31. The van der Waals surface area contributed by atoms with E-state index in [1.54, 1.807) is 0 Å². The Balaban J connectivity index is 2.02. The Morgan fingerprint density at radius 1 is 1.38 bits per heavy atom. The van der Waals surface area contributed by atoms with E-state index in [1.165, 1.54) is 0 Å². The molecule has 1 N–H and O–H groups in total. The largest absolute Gasteiger partial charge is 0.391 e. The summed E-state index contributed by atoms with van der Waals surface area (Å²) in [5, 5.41) is 10.6. The second kappa shape index (κ2) is 5.17. The van der Waals surface area contributed by atoms with Crippen LogP contribution in [0.5, 0.6) is 0 Å². The maximum Gasteiger partial charge on any atom is 0.0695 e. The van der Waals surface area contributed by atoms with E-state index in [0.29, 0.717) is 0 Å². The number of nitrogens with zero attached hydrogens (tertiary/aromatic N) is 1. The highest BCUT2D eigenvalue weighted by Gasteiger charge is 2.28. The molecule has 1 aliphatic rings. The molecule has 1 aromatic rings. The lowest BCUT2D eigenvalue weighted by Gasteiger charge is -2.27. The van der Waals surface area contributed by atoms with Crippen LogP contribution < -0.4 is 0 Å². The normalized spacial score (nSPS) is 25.2. The topological polar surface area (TPSA) is 23.5 Å². The van der Waals surface area contributed by atoms with Gasteiger partial charge in [0.25, 0.3) is 0 Å². The molecule has 1 saturated carbocycles. The van der Waals surface area contributed by atoms with E-state index in [2.05, 4.69) is 11.9 Å². The fraction of sp³-hybridized carbons (Fsp3) is 0.538. The van der Waals surface area contributed by atoms with Crippen LogP contribution in [-0.4, -0.2) is 29.2 Å². The number of hydrogen-bond donors (Lipinski definition) is 1. The summed E-state index contributed by atoms with van der Waals surface area (Å²) in [4.78, 5) is 2.21. The van der Waals surface area contributed by atoms with Crippen molar-refractivity contribution in [3.05, 3.63) is 34.9 Å². The molecule has 1 fully saturated rings. The highest BCUT2D eigenvalue weighted by atomic mass is 35.5. The minimum Gasteiger partial charge on any atom is -0.391 e. The molecule has 0 heterocycles. The van der Waals surface area contributed by atoms with Gasteiger partial charge in [-0.05, 0) is 37.9 Å². The van der Waals surface area contributed by atoms with Gasteiger partial charge in [-0.15, -0.1) is 0 Å².